The van der Waals surface area contributed by atoms with E-state index in [-0.39, 0.29) is 0 Å². The Morgan fingerprint density at radius 3 is 2.81 bits per heavy atom. The molecule has 0 spiro atoms. The molecule has 104 valence electrons. The molecule has 0 radical (unpaired) electrons. The third-order valence-corrected chi connectivity index (χ3v) is 4.20. The third kappa shape index (κ3) is 2.34. The van der Waals surface area contributed by atoms with E-state index in [0.29, 0.717) is 21.5 Å². The van der Waals surface area contributed by atoms with E-state index in [1.807, 2.05) is 20.8 Å². The van der Waals surface area contributed by atoms with Gasteiger partial charge in [0.05, 0.1) is 5.56 Å². The number of pyridine rings is 1. The Hall–Kier alpha value is -2.46. The first kappa shape index (κ1) is 13.5. The standard InChI is InChI=1S/C14H12N6S/c1-8-9(2)17-13-18-14(19-20(13)10(8)3)21-12-11(7-15)5-4-6-16-12/h4-6H,1-3H3. The van der Waals surface area contributed by atoms with Crippen molar-refractivity contribution in [1.82, 2.24) is 24.6 Å². The lowest BCUT2D eigenvalue weighted by molar-refractivity contribution is 0.831. The van der Waals surface area contributed by atoms with E-state index in [2.05, 4.69) is 26.1 Å². The highest BCUT2D eigenvalue weighted by atomic mass is 32.2. The van der Waals surface area contributed by atoms with Gasteiger partial charge in [-0.25, -0.2) is 14.5 Å². The molecule has 0 aliphatic heterocycles. The summed E-state index contributed by atoms with van der Waals surface area (Å²) in [4.78, 5) is 13.0. The van der Waals surface area contributed by atoms with Crippen LogP contribution in [0.25, 0.3) is 5.78 Å². The van der Waals surface area contributed by atoms with Crippen molar-refractivity contribution in [2.75, 3.05) is 0 Å². The number of hydrogen-bond donors (Lipinski definition) is 0. The van der Waals surface area contributed by atoms with Crippen molar-refractivity contribution >= 4 is 17.5 Å². The Kier molecular flexibility index (Phi) is 3.31. The van der Waals surface area contributed by atoms with Crippen molar-refractivity contribution in [3.63, 3.8) is 0 Å². The minimum absolute atomic E-state index is 0.512. The minimum atomic E-state index is 0.512. The second kappa shape index (κ2) is 5.14. The van der Waals surface area contributed by atoms with E-state index in [1.165, 1.54) is 11.8 Å². The van der Waals surface area contributed by atoms with Gasteiger partial charge in [0.15, 0.2) is 0 Å². The van der Waals surface area contributed by atoms with E-state index in [0.717, 1.165) is 17.0 Å². The summed E-state index contributed by atoms with van der Waals surface area (Å²) in [6.45, 7) is 5.95. The molecule has 0 saturated heterocycles. The Bertz CT molecular complexity index is 877. The first-order valence-electron chi connectivity index (χ1n) is 6.33. The van der Waals surface area contributed by atoms with Crippen molar-refractivity contribution in [2.24, 2.45) is 0 Å². The fourth-order valence-electron chi connectivity index (χ4n) is 1.92. The van der Waals surface area contributed by atoms with Crippen LogP contribution in [-0.4, -0.2) is 24.6 Å². The third-order valence-electron chi connectivity index (χ3n) is 3.32. The summed E-state index contributed by atoms with van der Waals surface area (Å²) in [7, 11) is 0. The summed E-state index contributed by atoms with van der Waals surface area (Å²) in [5.41, 5.74) is 3.57. The first-order chi connectivity index (χ1) is 10.1. The van der Waals surface area contributed by atoms with Crippen LogP contribution in [-0.2, 0) is 0 Å². The van der Waals surface area contributed by atoms with Gasteiger partial charge >= 0.3 is 0 Å². The lowest BCUT2D eigenvalue weighted by Crippen LogP contribution is -2.02. The molecule has 7 heteroatoms. The van der Waals surface area contributed by atoms with E-state index >= 15 is 0 Å². The summed E-state index contributed by atoms with van der Waals surface area (Å²) in [5.74, 6) is 0.563. The largest absolute Gasteiger partial charge is 0.253 e. The van der Waals surface area contributed by atoms with Crippen LogP contribution in [0.4, 0.5) is 0 Å². The predicted molar refractivity (Wildman–Crippen MR) is 78.1 cm³/mol. The number of hydrogen-bond acceptors (Lipinski definition) is 6. The lowest BCUT2D eigenvalue weighted by Gasteiger charge is -2.04. The van der Waals surface area contributed by atoms with Crippen molar-refractivity contribution in [2.45, 2.75) is 31.0 Å². The monoisotopic (exact) mass is 296 g/mol. The van der Waals surface area contributed by atoms with Gasteiger partial charge in [0.1, 0.15) is 11.1 Å². The maximum absolute atomic E-state index is 9.09. The Balaban J connectivity index is 2.07. The molecule has 0 aliphatic carbocycles. The maximum atomic E-state index is 9.09. The summed E-state index contributed by atoms with van der Waals surface area (Å²) < 4.78 is 1.72. The molecule has 0 amide bonds. The van der Waals surface area contributed by atoms with Gasteiger partial charge < -0.3 is 0 Å². The average Bonchev–Trinajstić information content (AvgIpc) is 2.88. The van der Waals surface area contributed by atoms with E-state index in [1.54, 1.807) is 22.8 Å². The normalized spacial score (nSPS) is 10.8. The van der Waals surface area contributed by atoms with Crippen LogP contribution in [0.3, 0.4) is 0 Å². The molecule has 0 N–H and O–H groups in total. The van der Waals surface area contributed by atoms with Crippen LogP contribution in [0.15, 0.2) is 28.5 Å². The highest BCUT2D eigenvalue weighted by Crippen LogP contribution is 2.26. The summed E-state index contributed by atoms with van der Waals surface area (Å²) in [6.07, 6.45) is 1.65. The minimum Gasteiger partial charge on any atom is -0.248 e. The quantitative estimate of drug-likeness (QED) is 0.722. The molecule has 0 bridgehead atoms. The Morgan fingerprint density at radius 2 is 2.05 bits per heavy atom. The molecule has 3 aromatic rings. The molecular weight excluding hydrogens is 284 g/mol. The average molecular weight is 296 g/mol. The van der Waals surface area contributed by atoms with Gasteiger partial charge in [-0.15, -0.1) is 5.10 Å². The maximum Gasteiger partial charge on any atom is 0.253 e. The van der Waals surface area contributed by atoms with Gasteiger partial charge in [-0.05, 0) is 50.2 Å². The smallest absolute Gasteiger partial charge is 0.248 e. The zero-order valence-electron chi connectivity index (χ0n) is 11.8. The molecule has 6 nitrogen and oxygen atoms in total. The molecular formula is C14H12N6S. The zero-order chi connectivity index (χ0) is 15.0. The molecule has 3 heterocycles. The zero-order valence-corrected chi connectivity index (χ0v) is 12.6. The number of aromatic nitrogens is 5. The van der Waals surface area contributed by atoms with Crippen LogP contribution in [0.2, 0.25) is 0 Å². The molecule has 3 rings (SSSR count). The topological polar surface area (TPSA) is 79.8 Å². The molecule has 3 aromatic heterocycles. The van der Waals surface area contributed by atoms with Crippen LogP contribution < -0.4 is 0 Å². The van der Waals surface area contributed by atoms with Crippen molar-refractivity contribution in [3.05, 3.63) is 40.8 Å². The van der Waals surface area contributed by atoms with E-state index in [4.69, 9.17) is 5.26 Å². The van der Waals surface area contributed by atoms with Crippen molar-refractivity contribution < 1.29 is 0 Å². The predicted octanol–water partition coefficient (Wildman–Crippen LogP) is 2.47. The second-order valence-corrected chi connectivity index (χ2v) is 5.54. The number of aryl methyl sites for hydroxylation is 2. The molecule has 0 unspecified atom stereocenters. The fraction of sp³-hybridized carbons (Fsp3) is 0.214. The SMILES string of the molecule is Cc1nc2nc(Sc3ncccc3C#N)nn2c(C)c1C. The summed E-state index contributed by atoms with van der Waals surface area (Å²) in [5, 5.41) is 14.7. The van der Waals surface area contributed by atoms with E-state index in [9.17, 15) is 0 Å². The number of nitrogens with zero attached hydrogens (tertiary/aromatic N) is 6. The first-order valence-corrected chi connectivity index (χ1v) is 7.15. The molecule has 0 aromatic carbocycles. The van der Waals surface area contributed by atoms with Gasteiger partial charge in [-0.1, -0.05) is 0 Å². The highest BCUT2D eigenvalue weighted by molar-refractivity contribution is 7.99. The van der Waals surface area contributed by atoms with Crippen LogP contribution >= 0.6 is 11.8 Å². The van der Waals surface area contributed by atoms with Crippen molar-refractivity contribution in [3.8, 4) is 6.07 Å². The summed E-state index contributed by atoms with van der Waals surface area (Å²) in [6, 6.07) is 5.58. The molecule has 0 fully saturated rings. The van der Waals surface area contributed by atoms with E-state index < -0.39 is 0 Å². The van der Waals surface area contributed by atoms with Gasteiger partial charge in [0, 0.05) is 17.6 Å². The van der Waals surface area contributed by atoms with Gasteiger partial charge in [0.2, 0.25) is 5.16 Å². The number of nitriles is 1. The Labute approximate surface area is 125 Å². The van der Waals surface area contributed by atoms with Gasteiger partial charge in [-0.2, -0.15) is 10.2 Å². The van der Waals surface area contributed by atoms with Crippen molar-refractivity contribution in [1.29, 1.82) is 5.26 Å². The van der Waals surface area contributed by atoms with Crippen LogP contribution in [0.1, 0.15) is 22.5 Å². The summed E-state index contributed by atoms with van der Waals surface area (Å²) >= 11 is 1.27. The second-order valence-electron chi connectivity index (χ2n) is 4.58. The molecule has 0 atom stereocenters. The lowest BCUT2D eigenvalue weighted by atomic mass is 10.2. The van der Waals surface area contributed by atoms with Gasteiger partial charge in [-0.3, -0.25) is 0 Å². The fourth-order valence-corrected chi connectivity index (χ4v) is 2.68. The molecule has 0 saturated carbocycles. The molecule has 21 heavy (non-hydrogen) atoms. The van der Waals surface area contributed by atoms with Crippen LogP contribution in [0.5, 0.6) is 0 Å². The van der Waals surface area contributed by atoms with Gasteiger partial charge in [0.25, 0.3) is 5.78 Å². The highest BCUT2D eigenvalue weighted by Gasteiger charge is 2.13. The number of rotatable bonds is 2. The number of fused-ring (bicyclic) bond motifs is 1. The molecule has 0 aliphatic rings. The Morgan fingerprint density at radius 1 is 1.24 bits per heavy atom. The van der Waals surface area contributed by atoms with Crippen LogP contribution in [0, 0.1) is 32.1 Å².